The summed E-state index contributed by atoms with van der Waals surface area (Å²) in [6.07, 6.45) is 4.20. The molecule has 0 aromatic rings. The van der Waals surface area contributed by atoms with Crippen molar-refractivity contribution in [2.75, 3.05) is 26.7 Å². The number of rotatable bonds is 7. The lowest BCUT2D eigenvalue weighted by atomic mass is 9.95. The largest absolute Gasteiger partial charge is 0.380 e. The van der Waals surface area contributed by atoms with Crippen LogP contribution in [0.3, 0.4) is 0 Å². The molecule has 18 heavy (non-hydrogen) atoms. The Hall–Kier alpha value is -0.120. The minimum absolute atomic E-state index is 0.411. The molecule has 3 nitrogen and oxygen atoms in total. The van der Waals surface area contributed by atoms with E-state index < -0.39 is 0 Å². The molecule has 0 amide bonds. The van der Waals surface area contributed by atoms with Crippen LogP contribution < -0.4 is 5.32 Å². The van der Waals surface area contributed by atoms with Crippen LogP contribution in [0, 0.1) is 5.92 Å². The van der Waals surface area contributed by atoms with E-state index in [0.717, 1.165) is 13.1 Å². The Morgan fingerprint density at radius 2 is 2.11 bits per heavy atom. The van der Waals surface area contributed by atoms with E-state index in [4.69, 9.17) is 4.74 Å². The summed E-state index contributed by atoms with van der Waals surface area (Å²) in [5.74, 6) is 0.699. The summed E-state index contributed by atoms with van der Waals surface area (Å²) in [6.45, 7) is 12.6. The van der Waals surface area contributed by atoms with Crippen molar-refractivity contribution in [3.05, 3.63) is 0 Å². The van der Waals surface area contributed by atoms with Crippen LogP contribution >= 0.6 is 0 Å². The molecule has 0 bridgehead atoms. The number of nitrogens with one attached hydrogen (secondary N) is 1. The van der Waals surface area contributed by atoms with Crippen molar-refractivity contribution in [1.29, 1.82) is 0 Å². The van der Waals surface area contributed by atoms with Crippen LogP contribution in [0.15, 0.2) is 0 Å². The van der Waals surface area contributed by atoms with E-state index in [9.17, 15) is 0 Å². The fraction of sp³-hybridized carbons (Fsp3) is 1.00. The van der Waals surface area contributed by atoms with Gasteiger partial charge in [-0.2, -0.15) is 0 Å². The van der Waals surface area contributed by atoms with Crippen LogP contribution in [0.5, 0.6) is 0 Å². The highest BCUT2D eigenvalue weighted by Crippen LogP contribution is 2.20. The van der Waals surface area contributed by atoms with Gasteiger partial charge < -0.3 is 10.1 Å². The molecule has 0 spiro atoms. The van der Waals surface area contributed by atoms with Gasteiger partial charge in [0.25, 0.3) is 0 Å². The number of ether oxygens (including phenoxy) is 1. The summed E-state index contributed by atoms with van der Waals surface area (Å²) in [6, 6.07) is 1.24. The fourth-order valence-electron chi connectivity index (χ4n) is 2.80. The molecule has 1 aliphatic heterocycles. The molecule has 1 heterocycles. The minimum atomic E-state index is 0.411. The van der Waals surface area contributed by atoms with Crippen molar-refractivity contribution >= 4 is 0 Å². The summed E-state index contributed by atoms with van der Waals surface area (Å²) in [5, 5.41) is 3.64. The molecule has 0 aromatic carbocycles. The highest BCUT2D eigenvalue weighted by atomic mass is 16.5. The van der Waals surface area contributed by atoms with Gasteiger partial charge in [0.15, 0.2) is 0 Å². The Morgan fingerprint density at radius 1 is 1.39 bits per heavy atom. The zero-order valence-electron chi connectivity index (χ0n) is 12.9. The Morgan fingerprint density at radius 3 is 2.72 bits per heavy atom. The maximum Gasteiger partial charge on any atom is 0.0724 e. The molecule has 0 radical (unpaired) electrons. The second kappa shape index (κ2) is 8.13. The van der Waals surface area contributed by atoms with E-state index in [-0.39, 0.29) is 0 Å². The van der Waals surface area contributed by atoms with Crippen molar-refractivity contribution in [3.63, 3.8) is 0 Å². The van der Waals surface area contributed by atoms with Crippen molar-refractivity contribution in [1.82, 2.24) is 10.2 Å². The summed E-state index contributed by atoms with van der Waals surface area (Å²) in [7, 11) is 1.84. The van der Waals surface area contributed by atoms with Gasteiger partial charge in [-0.1, -0.05) is 20.3 Å². The van der Waals surface area contributed by atoms with Crippen molar-refractivity contribution in [2.24, 2.45) is 5.92 Å². The van der Waals surface area contributed by atoms with Crippen LogP contribution in [0.1, 0.15) is 47.0 Å². The number of piperidine rings is 1. The second-order valence-electron chi connectivity index (χ2n) is 5.98. The standard InChI is InChI=1S/C15H32N2O/c1-6-7-13(3)16-10-14(4)17-9-8-12(2)15(11-17)18-5/h12-16H,6-11H2,1-5H3. The molecule has 0 saturated carbocycles. The lowest BCUT2D eigenvalue weighted by Crippen LogP contribution is -2.51. The van der Waals surface area contributed by atoms with Gasteiger partial charge >= 0.3 is 0 Å². The maximum absolute atomic E-state index is 5.59. The van der Waals surface area contributed by atoms with Crippen LogP contribution in [-0.4, -0.2) is 49.8 Å². The van der Waals surface area contributed by atoms with Gasteiger partial charge in [0, 0.05) is 32.3 Å². The SMILES string of the molecule is CCCC(C)NCC(C)N1CCC(C)C(OC)C1. The average Bonchev–Trinajstić information content (AvgIpc) is 2.37. The highest BCUT2D eigenvalue weighted by molar-refractivity contribution is 4.82. The zero-order chi connectivity index (χ0) is 13.5. The van der Waals surface area contributed by atoms with Gasteiger partial charge in [-0.15, -0.1) is 0 Å². The second-order valence-corrected chi connectivity index (χ2v) is 5.98. The first-order chi connectivity index (χ1) is 8.58. The molecule has 1 aliphatic rings. The van der Waals surface area contributed by atoms with E-state index >= 15 is 0 Å². The van der Waals surface area contributed by atoms with Crippen LogP contribution in [-0.2, 0) is 4.74 Å². The van der Waals surface area contributed by atoms with Crippen molar-refractivity contribution in [3.8, 4) is 0 Å². The molecule has 0 aliphatic carbocycles. The number of methoxy groups -OCH3 is 1. The Labute approximate surface area is 113 Å². The van der Waals surface area contributed by atoms with Gasteiger partial charge in [-0.3, -0.25) is 4.90 Å². The van der Waals surface area contributed by atoms with Crippen LogP contribution in [0.25, 0.3) is 0 Å². The number of likely N-dealkylation sites (tertiary alicyclic amines) is 1. The first kappa shape index (κ1) is 15.9. The molecule has 3 heteroatoms. The minimum Gasteiger partial charge on any atom is -0.380 e. The Kier molecular flexibility index (Phi) is 7.20. The van der Waals surface area contributed by atoms with E-state index in [1.165, 1.54) is 25.8 Å². The van der Waals surface area contributed by atoms with Gasteiger partial charge in [-0.25, -0.2) is 0 Å². The smallest absolute Gasteiger partial charge is 0.0724 e. The summed E-state index contributed by atoms with van der Waals surface area (Å²) < 4.78 is 5.59. The van der Waals surface area contributed by atoms with Gasteiger partial charge in [0.2, 0.25) is 0 Å². The van der Waals surface area contributed by atoms with Crippen LogP contribution in [0.4, 0.5) is 0 Å². The molecule has 4 atom stereocenters. The molecule has 0 aromatic heterocycles. The summed E-state index contributed by atoms with van der Waals surface area (Å²) in [5.41, 5.74) is 0. The van der Waals surface area contributed by atoms with Gasteiger partial charge in [0.1, 0.15) is 0 Å². The predicted octanol–water partition coefficient (Wildman–Crippen LogP) is 2.51. The molecule has 1 N–H and O–H groups in total. The zero-order valence-corrected chi connectivity index (χ0v) is 12.9. The normalized spacial score (nSPS) is 29.2. The topological polar surface area (TPSA) is 24.5 Å². The molecule has 1 rings (SSSR count). The first-order valence-corrected chi connectivity index (χ1v) is 7.58. The molecular formula is C15H32N2O. The molecule has 1 fully saturated rings. The van der Waals surface area contributed by atoms with Crippen LogP contribution in [0.2, 0.25) is 0 Å². The monoisotopic (exact) mass is 256 g/mol. The third kappa shape index (κ3) is 4.87. The van der Waals surface area contributed by atoms with Gasteiger partial charge in [-0.05, 0) is 39.2 Å². The third-order valence-electron chi connectivity index (χ3n) is 4.33. The fourth-order valence-corrected chi connectivity index (χ4v) is 2.80. The number of nitrogens with zero attached hydrogens (tertiary/aromatic N) is 1. The van der Waals surface area contributed by atoms with E-state index in [1.807, 2.05) is 7.11 Å². The quantitative estimate of drug-likeness (QED) is 0.757. The summed E-state index contributed by atoms with van der Waals surface area (Å²) in [4.78, 5) is 2.57. The predicted molar refractivity (Wildman–Crippen MR) is 78.0 cm³/mol. The summed E-state index contributed by atoms with van der Waals surface area (Å²) >= 11 is 0. The van der Waals surface area contributed by atoms with Crippen molar-refractivity contribution in [2.45, 2.75) is 65.1 Å². The number of hydrogen-bond donors (Lipinski definition) is 1. The third-order valence-corrected chi connectivity index (χ3v) is 4.33. The molecular weight excluding hydrogens is 224 g/mol. The Balaban J connectivity index is 2.31. The average molecular weight is 256 g/mol. The lowest BCUT2D eigenvalue weighted by Gasteiger charge is -2.39. The van der Waals surface area contributed by atoms with E-state index in [2.05, 4.69) is 37.9 Å². The van der Waals surface area contributed by atoms with Gasteiger partial charge in [0.05, 0.1) is 6.10 Å². The van der Waals surface area contributed by atoms with E-state index in [0.29, 0.717) is 24.1 Å². The molecule has 4 unspecified atom stereocenters. The highest BCUT2D eigenvalue weighted by Gasteiger charge is 2.28. The van der Waals surface area contributed by atoms with Crippen molar-refractivity contribution < 1.29 is 4.74 Å². The molecule has 1 saturated heterocycles. The molecule has 108 valence electrons. The number of hydrogen-bond acceptors (Lipinski definition) is 3. The van der Waals surface area contributed by atoms with E-state index in [1.54, 1.807) is 0 Å². The first-order valence-electron chi connectivity index (χ1n) is 7.58. The lowest BCUT2D eigenvalue weighted by molar-refractivity contribution is -0.0166. The maximum atomic E-state index is 5.59. The Bertz CT molecular complexity index is 223.